The summed E-state index contributed by atoms with van der Waals surface area (Å²) < 4.78 is 12.9. The molecular weight excluding hydrogens is 277 g/mol. The van der Waals surface area contributed by atoms with Crippen molar-refractivity contribution >= 4 is 23.2 Å². The molecule has 0 unspecified atom stereocenters. The summed E-state index contributed by atoms with van der Waals surface area (Å²) in [5.41, 5.74) is 10.7. The molecule has 0 saturated carbocycles. The molecule has 7 heteroatoms. The van der Waals surface area contributed by atoms with Gasteiger partial charge >= 0.3 is 0 Å². The summed E-state index contributed by atoms with van der Waals surface area (Å²) in [6.45, 7) is 0. The van der Waals surface area contributed by atoms with Crippen molar-refractivity contribution < 1.29 is 4.39 Å². The molecule has 1 aromatic heterocycles. The zero-order valence-corrected chi connectivity index (χ0v) is 11.6. The zero-order chi connectivity index (χ0) is 14.5. The van der Waals surface area contributed by atoms with Crippen LogP contribution in [-0.2, 0) is 0 Å². The van der Waals surface area contributed by atoms with E-state index in [0.29, 0.717) is 27.8 Å². The Kier molecular flexibility index (Phi) is 4.54. The van der Waals surface area contributed by atoms with Crippen LogP contribution in [0.15, 0.2) is 41.7 Å². The third kappa shape index (κ3) is 3.06. The van der Waals surface area contributed by atoms with Crippen LogP contribution in [-0.4, -0.2) is 16.2 Å². The smallest absolute Gasteiger partial charge is 0.187 e. The summed E-state index contributed by atoms with van der Waals surface area (Å²) in [6.07, 6.45) is 3.51. The zero-order valence-electron chi connectivity index (χ0n) is 10.8. The van der Waals surface area contributed by atoms with Gasteiger partial charge in [-0.1, -0.05) is 11.8 Å². The van der Waals surface area contributed by atoms with Gasteiger partial charge in [-0.05, 0) is 42.2 Å². The van der Waals surface area contributed by atoms with Crippen molar-refractivity contribution in [2.75, 3.05) is 6.26 Å². The van der Waals surface area contributed by atoms with Gasteiger partial charge in [0.05, 0.1) is 17.1 Å². The maximum atomic E-state index is 12.9. The number of nitrogens with one attached hydrogen (secondary N) is 1. The van der Waals surface area contributed by atoms with E-state index in [9.17, 15) is 4.39 Å². The number of aromatic nitrogens is 2. The molecule has 0 atom stereocenters. The molecule has 104 valence electrons. The number of thioether (sulfide) groups is 1. The van der Waals surface area contributed by atoms with Crippen molar-refractivity contribution in [3.63, 3.8) is 0 Å². The van der Waals surface area contributed by atoms with E-state index < -0.39 is 0 Å². The van der Waals surface area contributed by atoms with E-state index >= 15 is 0 Å². The first-order valence-electron chi connectivity index (χ1n) is 5.75. The van der Waals surface area contributed by atoms with Gasteiger partial charge in [-0.25, -0.2) is 14.4 Å². The van der Waals surface area contributed by atoms with Gasteiger partial charge in [-0.2, -0.15) is 0 Å². The van der Waals surface area contributed by atoms with Crippen LogP contribution in [0.3, 0.4) is 0 Å². The minimum Gasteiger partial charge on any atom is -0.396 e. The van der Waals surface area contributed by atoms with Crippen molar-refractivity contribution in [2.45, 2.75) is 5.16 Å². The van der Waals surface area contributed by atoms with E-state index in [-0.39, 0.29) is 5.82 Å². The molecule has 0 spiro atoms. The second-order valence-electron chi connectivity index (χ2n) is 3.87. The van der Waals surface area contributed by atoms with Gasteiger partial charge in [0.25, 0.3) is 0 Å². The molecule has 20 heavy (non-hydrogen) atoms. The number of nitrogens with two attached hydrogens (primary N) is 2. The molecule has 1 heterocycles. The molecule has 0 fully saturated rings. The highest BCUT2D eigenvalue weighted by Crippen LogP contribution is 2.20. The third-order valence-electron chi connectivity index (χ3n) is 2.64. The standard InChI is InChI=1S/C13H14FN5S/c1-20-13-17-7-6-10(18-13)12(19-16)11(15)8-2-4-9(14)5-3-8/h2-7,19H,15-16H2,1H3/b12-11-. The summed E-state index contributed by atoms with van der Waals surface area (Å²) in [5, 5.41) is 0.613. The SMILES string of the molecule is CSc1nccc(/C(NN)=C(/N)c2ccc(F)cc2)n1. The van der Waals surface area contributed by atoms with Gasteiger partial charge in [-0.15, -0.1) is 0 Å². The van der Waals surface area contributed by atoms with E-state index in [1.807, 2.05) is 6.26 Å². The molecule has 0 bridgehead atoms. The molecule has 5 nitrogen and oxygen atoms in total. The lowest BCUT2D eigenvalue weighted by Gasteiger charge is -2.11. The second-order valence-corrected chi connectivity index (χ2v) is 4.64. The number of benzene rings is 1. The van der Waals surface area contributed by atoms with Gasteiger partial charge < -0.3 is 11.2 Å². The summed E-state index contributed by atoms with van der Waals surface area (Å²) >= 11 is 1.42. The van der Waals surface area contributed by atoms with Gasteiger partial charge in [0, 0.05) is 6.20 Å². The van der Waals surface area contributed by atoms with Crippen molar-refractivity contribution in [3.05, 3.63) is 53.6 Å². The Balaban J connectivity index is 2.48. The summed E-state index contributed by atoms with van der Waals surface area (Å²) in [7, 11) is 0. The van der Waals surface area contributed by atoms with Crippen LogP contribution in [0.4, 0.5) is 4.39 Å². The Morgan fingerprint density at radius 2 is 1.95 bits per heavy atom. The lowest BCUT2D eigenvalue weighted by atomic mass is 10.1. The van der Waals surface area contributed by atoms with Gasteiger partial charge in [-0.3, -0.25) is 5.84 Å². The number of halogens is 1. The molecule has 0 aliphatic heterocycles. The maximum Gasteiger partial charge on any atom is 0.187 e. The highest BCUT2D eigenvalue weighted by molar-refractivity contribution is 7.98. The molecular formula is C13H14FN5S. The lowest BCUT2D eigenvalue weighted by molar-refractivity contribution is 0.627. The first-order chi connectivity index (χ1) is 9.65. The number of nitrogens with zero attached hydrogens (tertiary/aromatic N) is 2. The van der Waals surface area contributed by atoms with Crippen LogP contribution in [0.25, 0.3) is 11.4 Å². The molecule has 0 amide bonds. The Labute approximate surface area is 120 Å². The Morgan fingerprint density at radius 3 is 2.55 bits per heavy atom. The number of rotatable bonds is 4. The molecule has 0 aliphatic rings. The Bertz CT molecular complexity index is 627. The lowest BCUT2D eigenvalue weighted by Crippen LogP contribution is -2.24. The minimum absolute atomic E-state index is 0.324. The maximum absolute atomic E-state index is 12.9. The highest BCUT2D eigenvalue weighted by atomic mass is 32.2. The molecule has 0 aliphatic carbocycles. The average Bonchev–Trinajstić information content (AvgIpc) is 2.49. The third-order valence-corrected chi connectivity index (χ3v) is 3.20. The molecule has 2 aromatic rings. The van der Waals surface area contributed by atoms with Gasteiger partial charge in [0.15, 0.2) is 5.16 Å². The van der Waals surface area contributed by atoms with Crippen molar-refractivity contribution in [2.24, 2.45) is 11.6 Å². The van der Waals surface area contributed by atoms with E-state index in [0.717, 1.165) is 0 Å². The minimum atomic E-state index is -0.324. The largest absolute Gasteiger partial charge is 0.396 e. The molecule has 0 saturated heterocycles. The highest BCUT2D eigenvalue weighted by Gasteiger charge is 2.10. The van der Waals surface area contributed by atoms with E-state index in [4.69, 9.17) is 11.6 Å². The quantitative estimate of drug-likeness (QED) is 0.343. The molecule has 1 aromatic carbocycles. The van der Waals surface area contributed by atoms with Crippen LogP contribution >= 0.6 is 11.8 Å². The molecule has 5 N–H and O–H groups in total. The van der Waals surface area contributed by atoms with Crippen LogP contribution < -0.4 is 17.0 Å². The number of hydrogen-bond acceptors (Lipinski definition) is 6. The fraction of sp³-hybridized carbons (Fsp3) is 0.0769. The summed E-state index contributed by atoms with van der Waals surface area (Å²) in [5.74, 6) is 5.21. The van der Waals surface area contributed by atoms with Crippen LogP contribution in [0.1, 0.15) is 11.3 Å². The van der Waals surface area contributed by atoms with Crippen molar-refractivity contribution in [1.82, 2.24) is 15.4 Å². The van der Waals surface area contributed by atoms with E-state index in [2.05, 4.69) is 15.4 Å². The Morgan fingerprint density at radius 1 is 1.25 bits per heavy atom. The van der Waals surface area contributed by atoms with Gasteiger partial charge in [0.2, 0.25) is 0 Å². The fourth-order valence-electron chi connectivity index (χ4n) is 1.64. The number of hydrogen-bond donors (Lipinski definition) is 3. The fourth-order valence-corrected chi connectivity index (χ4v) is 2.00. The predicted octanol–water partition coefficient (Wildman–Crippen LogP) is 1.59. The van der Waals surface area contributed by atoms with Crippen molar-refractivity contribution in [1.29, 1.82) is 0 Å². The van der Waals surface area contributed by atoms with Gasteiger partial charge in [0.1, 0.15) is 5.82 Å². The first kappa shape index (κ1) is 14.3. The topological polar surface area (TPSA) is 89.8 Å². The summed E-state index contributed by atoms with van der Waals surface area (Å²) in [6, 6.07) is 7.54. The number of hydrazine groups is 1. The van der Waals surface area contributed by atoms with Crippen LogP contribution in [0.5, 0.6) is 0 Å². The molecule has 2 rings (SSSR count). The van der Waals surface area contributed by atoms with Crippen molar-refractivity contribution in [3.8, 4) is 0 Å². The monoisotopic (exact) mass is 291 g/mol. The second kappa shape index (κ2) is 6.36. The average molecular weight is 291 g/mol. The van der Waals surface area contributed by atoms with E-state index in [1.54, 1.807) is 24.4 Å². The predicted molar refractivity (Wildman–Crippen MR) is 78.5 cm³/mol. The van der Waals surface area contributed by atoms with E-state index in [1.165, 1.54) is 23.9 Å². The molecule has 0 radical (unpaired) electrons. The normalized spacial score (nSPS) is 11.9. The van der Waals surface area contributed by atoms with Crippen LogP contribution in [0, 0.1) is 5.82 Å². The Hall–Kier alpha value is -2.12. The first-order valence-corrected chi connectivity index (χ1v) is 6.98. The summed E-state index contributed by atoms with van der Waals surface area (Å²) in [4.78, 5) is 8.41. The van der Waals surface area contributed by atoms with Crippen LogP contribution in [0.2, 0.25) is 0 Å².